The van der Waals surface area contributed by atoms with Gasteiger partial charge >= 0.3 is 0 Å². The molecule has 2 heterocycles. The Morgan fingerprint density at radius 2 is 2.24 bits per heavy atom. The maximum Gasteiger partial charge on any atom is 0.131 e. The maximum atomic E-state index is 6.21. The highest BCUT2D eigenvalue weighted by Gasteiger charge is 2.12. The SMILES string of the molecule is CNCc1nccn1Cc1c(C)nn(C)c1Cl. The Labute approximate surface area is 105 Å². The molecule has 5 nitrogen and oxygen atoms in total. The summed E-state index contributed by atoms with van der Waals surface area (Å²) < 4.78 is 3.77. The molecule has 0 saturated carbocycles. The average Bonchev–Trinajstić information content (AvgIpc) is 2.81. The van der Waals surface area contributed by atoms with Crippen LogP contribution in [0.15, 0.2) is 12.4 Å². The molecule has 0 fully saturated rings. The smallest absolute Gasteiger partial charge is 0.131 e. The number of aromatic nitrogens is 4. The normalized spacial score (nSPS) is 11.1. The Kier molecular flexibility index (Phi) is 3.49. The first kappa shape index (κ1) is 12.1. The van der Waals surface area contributed by atoms with Crippen molar-refractivity contribution in [1.82, 2.24) is 24.6 Å². The van der Waals surface area contributed by atoms with Crippen molar-refractivity contribution in [1.29, 1.82) is 0 Å². The van der Waals surface area contributed by atoms with Gasteiger partial charge in [-0.15, -0.1) is 0 Å². The summed E-state index contributed by atoms with van der Waals surface area (Å²) in [6.07, 6.45) is 3.75. The quantitative estimate of drug-likeness (QED) is 0.895. The van der Waals surface area contributed by atoms with E-state index < -0.39 is 0 Å². The van der Waals surface area contributed by atoms with E-state index in [0.717, 1.165) is 23.6 Å². The largest absolute Gasteiger partial charge is 0.329 e. The molecule has 0 bridgehead atoms. The van der Waals surface area contributed by atoms with Crippen LogP contribution in [0.2, 0.25) is 5.15 Å². The number of rotatable bonds is 4. The zero-order valence-electron chi connectivity index (χ0n) is 10.2. The predicted octanol–water partition coefficient (Wildman–Crippen LogP) is 1.35. The molecule has 6 heteroatoms. The molecule has 2 aromatic heterocycles. The van der Waals surface area contributed by atoms with E-state index in [4.69, 9.17) is 11.6 Å². The fourth-order valence-electron chi connectivity index (χ4n) is 1.83. The third-order valence-corrected chi connectivity index (χ3v) is 3.21. The van der Waals surface area contributed by atoms with Gasteiger partial charge in [-0.1, -0.05) is 11.6 Å². The molecule has 0 radical (unpaired) electrons. The standard InChI is InChI=1S/C11H16ClN5/c1-8-9(11(12)16(3)15-8)7-17-5-4-14-10(17)6-13-2/h4-5,13H,6-7H2,1-3H3. The van der Waals surface area contributed by atoms with Gasteiger partial charge in [0.15, 0.2) is 0 Å². The second kappa shape index (κ2) is 4.89. The van der Waals surface area contributed by atoms with Crippen LogP contribution < -0.4 is 5.32 Å². The molecule has 2 rings (SSSR count). The van der Waals surface area contributed by atoms with Crippen molar-refractivity contribution in [2.45, 2.75) is 20.0 Å². The molecule has 0 saturated heterocycles. The summed E-state index contributed by atoms with van der Waals surface area (Å²) in [6.45, 7) is 3.41. The number of imidazole rings is 1. The van der Waals surface area contributed by atoms with Crippen molar-refractivity contribution in [2.24, 2.45) is 7.05 Å². The van der Waals surface area contributed by atoms with Crippen LogP contribution in [0.4, 0.5) is 0 Å². The Morgan fingerprint density at radius 3 is 2.82 bits per heavy atom. The van der Waals surface area contributed by atoms with Gasteiger partial charge in [-0.05, 0) is 14.0 Å². The van der Waals surface area contributed by atoms with Crippen molar-refractivity contribution in [3.8, 4) is 0 Å². The molecule has 92 valence electrons. The Balaban J connectivity index is 2.28. The van der Waals surface area contributed by atoms with Gasteiger partial charge in [-0.2, -0.15) is 5.10 Å². The topological polar surface area (TPSA) is 47.7 Å². The van der Waals surface area contributed by atoms with E-state index in [1.807, 2.05) is 27.2 Å². The Hall–Kier alpha value is -1.33. The molecule has 0 aliphatic heterocycles. The van der Waals surface area contributed by atoms with E-state index in [1.54, 1.807) is 10.9 Å². The van der Waals surface area contributed by atoms with E-state index in [2.05, 4.69) is 20.0 Å². The van der Waals surface area contributed by atoms with Crippen molar-refractivity contribution in [2.75, 3.05) is 7.05 Å². The molecule has 1 N–H and O–H groups in total. The monoisotopic (exact) mass is 253 g/mol. The van der Waals surface area contributed by atoms with Crippen LogP contribution in [0.25, 0.3) is 0 Å². The van der Waals surface area contributed by atoms with Crippen LogP contribution in [0.3, 0.4) is 0 Å². The second-order valence-corrected chi connectivity index (χ2v) is 4.34. The third-order valence-electron chi connectivity index (χ3n) is 2.73. The van der Waals surface area contributed by atoms with Crippen molar-refractivity contribution >= 4 is 11.6 Å². The van der Waals surface area contributed by atoms with E-state index in [0.29, 0.717) is 11.7 Å². The van der Waals surface area contributed by atoms with Gasteiger partial charge in [-0.3, -0.25) is 4.68 Å². The minimum atomic E-state index is 0.687. The molecular formula is C11H16ClN5. The van der Waals surface area contributed by atoms with E-state index in [9.17, 15) is 0 Å². The van der Waals surface area contributed by atoms with Crippen LogP contribution in [0, 0.1) is 6.92 Å². The van der Waals surface area contributed by atoms with Crippen LogP contribution in [-0.2, 0) is 20.1 Å². The first-order valence-electron chi connectivity index (χ1n) is 5.46. The lowest BCUT2D eigenvalue weighted by Crippen LogP contribution is -2.13. The molecule has 0 amide bonds. The highest BCUT2D eigenvalue weighted by Crippen LogP contribution is 2.20. The molecule has 0 spiro atoms. The highest BCUT2D eigenvalue weighted by molar-refractivity contribution is 6.30. The van der Waals surface area contributed by atoms with Gasteiger partial charge in [-0.25, -0.2) is 4.98 Å². The summed E-state index contributed by atoms with van der Waals surface area (Å²) >= 11 is 6.21. The second-order valence-electron chi connectivity index (χ2n) is 3.98. The lowest BCUT2D eigenvalue weighted by atomic mass is 10.2. The number of nitrogens with one attached hydrogen (secondary N) is 1. The summed E-state index contributed by atoms with van der Waals surface area (Å²) in [5.41, 5.74) is 2.01. The van der Waals surface area contributed by atoms with Gasteiger partial charge in [0.1, 0.15) is 11.0 Å². The van der Waals surface area contributed by atoms with Crippen LogP contribution in [-0.4, -0.2) is 26.4 Å². The summed E-state index contributed by atoms with van der Waals surface area (Å²) in [7, 11) is 3.75. The van der Waals surface area contributed by atoms with E-state index in [1.165, 1.54) is 0 Å². The summed E-state index contributed by atoms with van der Waals surface area (Å²) in [5.74, 6) is 0.992. The third kappa shape index (κ3) is 2.35. The van der Waals surface area contributed by atoms with E-state index >= 15 is 0 Å². The molecule has 0 aliphatic carbocycles. The minimum absolute atomic E-state index is 0.687. The summed E-state index contributed by atoms with van der Waals surface area (Å²) in [4.78, 5) is 4.30. The number of nitrogens with zero attached hydrogens (tertiary/aromatic N) is 4. The Bertz CT molecular complexity index is 514. The highest BCUT2D eigenvalue weighted by atomic mass is 35.5. The zero-order valence-corrected chi connectivity index (χ0v) is 11.0. The fourth-order valence-corrected chi connectivity index (χ4v) is 2.07. The van der Waals surface area contributed by atoms with Gasteiger partial charge in [0.05, 0.1) is 18.8 Å². The summed E-state index contributed by atoms with van der Waals surface area (Å²) in [6, 6.07) is 0. The molecule has 0 aromatic carbocycles. The molecule has 0 unspecified atom stereocenters. The zero-order chi connectivity index (χ0) is 12.4. The van der Waals surface area contributed by atoms with Gasteiger partial charge in [0.2, 0.25) is 0 Å². The van der Waals surface area contributed by atoms with Gasteiger partial charge in [0, 0.05) is 25.0 Å². The molecule has 2 aromatic rings. The predicted molar refractivity (Wildman–Crippen MR) is 67.0 cm³/mol. The van der Waals surface area contributed by atoms with E-state index in [-0.39, 0.29) is 0 Å². The summed E-state index contributed by atoms with van der Waals surface area (Å²) in [5, 5.41) is 8.08. The molecule has 0 atom stereocenters. The first-order chi connectivity index (χ1) is 8.13. The molecular weight excluding hydrogens is 238 g/mol. The Morgan fingerprint density at radius 1 is 1.47 bits per heavy atom. The van der Waals surface area contributed by atoms with Crippen molar-refractivity contribution < 1.29 is 0 Å². The van der Waals surface area contributed by atoms with Crippen LogP contribution in [0.1, 0.15) is 17.1 Å². The number of hydrogen-bond donors (Lipinski definition) is 1. The van der Waals surface area contributed by atoms with Crippen LogP contribution in [0.5, 0.6) is 0 Å². The first-order valence-corrected chi connectivity index (χ1v) is 5.84. The molecule has 0 aliphatic rings. The number of hydrogen-bond acceptors (Lipinski definition) is 3. The van der Waals surface area contributed by atoms with Crippen LogP contribution >= 0.6 is 11.6 Å². The average molecular weight is 254 g/mol. The fraction of sp³-hybridized carbons (Fsp3) is 0.455. The minimum Gasteiger partial charge on any atom is -0.329 e. The van der Waals surface area contributed by atoms with Gasteiger partial charge < -0.3 is 9.88 Å². The number of halogens is 1. The van der Waals surface area contributed by atoms with Crippen molar-refractivity contribution in [3.05, 3.63) is 34.6 Å². The van der Waals surface area contributed by atoms with Gasteiger partial charge in [0.25, 0.3) is 0 Å². The lowest BCUT2D eigenvalue weighted by Gasteiger charge is -2.07. The molecule has 17 heavy (non-hydrogen) atoms. The van der Waals surface area contributed by atoms with Crippen molar-refractivity contribution in [3.63, 3.8) is 0 Å². The lowest BCUT2D eigenvalue weighted by molar-refractivity contribution is 0.671. The number of aryl methyl sites for hydroxylation is 2. The maximum absolute atomic E-state index is 6.21.